The molecule has 7 nitrogen and oxygen atoms in total. The molecule has 0 fully saturated rings. The fourth-order valence-electron chi connectivity index (χ4n) is 5.00. The van der Waals surface area contributed by atoms with Gasteiger partial charge < -0.3 is 15.5 Å². The van der Waals surface area contributed by atoms with E-state index in [0.717, 1.165) is 47.1 Å². The summed E-state index contributed by atoms with van der Waals surface area (Å²) in [5.41, 5.74) is 5.61. The molecule has 0 radical (unpaired) electrons. The van der Waals surface area contributed by atoms with Crippen LogP contribution in [0.4, 0.5) is 0 Å². The van der Waals surface area contributed by atoms with Gasteiger partial charge in [-0.15, -0.1) is 0 Å². The minimum atomic E-state index is -3.83. The van der Waals surface area contributed by atoms with Crippen LogP contribution in [0.1, 0.15) is 55.4 Å². The summed E-state index contributed by atoms with van der Waals surface area (Å²) in [4.78, 5) is 11.3. The van der Waals surface area contributed by atoms with Crippen molar-refractivity contribution in [2.24, 2.45) is 0 Å². The molecule has 0 aromatic heterocycles. The summed E-state index contributed by atoms with van der Waals surface area (Å²) in [6, 6.07) is 21.2. The van der Waals surface area contributed by atoms with Crippen LogP contribution in [-0.4, -0.2) is 60.7 Å². The summed E-state index contributed by atoms with van der Waals surface area (Å²) in [6.45, 7) is 8.26. The molecular formula is C33H44N2O5S. The molecule has 0 saturated heterocycles. The summed E-state index contributed by atoms with van der Waals surface area (Å²) in [5, 5.41) is 23.2. The van der Waals surface area contributed by atoms with E-state index >= 15 is 0 Å². The third-order valence-electron chi connectivity index (χ3n) is 7.46. The summed E-state index contributed by atoms with van der Waals surface area (Å²) in [6.07, 6.45) is 2.46. The van der Waals surface area contributed by atoms with Gasteiger partial charge in [0.2, 0.25) is 10.0 Å². The molecule has 1 atom stereocenters. The van der Waals surface area contributed by atoms with Crippen LogP contribution in [0.15, 0.2) is 71.6 Å². The van der Waals surface area contributed by atoms with Gasteiger partial charge in [0.25, 0.3) is 0 Å². The number of carbonyl (C=O) groups is 1. The molecule has 0 aliphatic rings. The molecule has 3 N–H and O–H groups in total. The molecule has 1 unspecified atom stereocenters. The monoisotopic (exact) mass is 580 g/mol. The van der Waals surface area contributed by atoms with Crippen molar-refractivity contribution in [3.8, 4) is 11.1 Å². The van der Waals surface area contributed by atoms with Gasteiger partial charge in [0.1, 0.15) is 0 Å². The highest BCUT2D eigenvalue weighted by Crippen LogP contribution is 2.31. The first-order valence-corrected chi connectivity index (χ1v) is 15.6. The number of aliphatic hydroxyl groups excluding tert-OH is 1. The second-order valence-corrected chi connectivity index (χ2v) is 13.6. The number of carboxylic acids is 1. The molecular weight excluding hydrogens is 536 g/mol. The van der Waals surface area contributed by atoms with Crippen LogP contribution in [0.5, 0.6) is 0 Å². The Hall–Kier alpha value is -3.04. The first-order valence-electron chi connectivity index (χ1n) is 14.1. The van der Waals surface area contributed by atoms with Crippen molar-refractivity contribution in [3.63, 3.8) is 0 Å². The van der Waals surface area contributed by atoms with Crippen LogP contribution in [0, 0.1) is 13.8 Å². The lowest BCUT2D eigenvalue weighted by Crippen LogP contribution is -2.46. The SMILES string of the molecule is Cc1ccc(CCC(=O)O)c(-c2ccc(S(=O)(=O)N(C)CC(O)CNC(C)(C)CCCc3ccccc3)cc2C)c1. The average Bonchev–Trinajstić information content (AvgIpc) is 2.91. The van der Waals surface area contributed by atoms with E-state index in [0.29, 0.717) is 6.42 Å². The van der Waals surface area contributed by atoms with Crippen molar-refractivity contribution in [2.45, 2.75) is 76.3 Å². The van der Waals surface area contributed by atoms with Crippen LogP contribution >= 0.6 is 0 Å². The quantitative estimate of drug-likeness (QED) is 0.223. The molecule has 3 aromatic carbocycles. The van der Waals surface area contributed by atoms with Gasteiger partial charge in [-0.3, -0.25) is 4.79 Å². The molecule has 8 heteroatoms. The predicted molar refractivity (Wildman–Crippen MR) is 165 cm³/mol. The van der Waals surface area contributed by atoms with Crippen LogP contribution < -0.4 is 5.32 Å². The molecule has 3 rings (SSSR count). The lowest BCUT2D eigenvalue weighted by molar-refractivity contribution is -0.136. The largest absolute Gasteiger partial charge is 0.481 e. The minimum absolute atomic E-state index is 0.0222. The Morgan fingerprint density at radius 1 is 0.976 bits per heavy atom. The summed E-state index contributed by atoms with van der Waals surface area (Å²) in [5.74, 6) is -0.860. The highest BCUT2D eigenvalue weighted by molar-refractivity contribution is 7.89. The van der Waals surface area contributed by atoms with E-state index < -0.39 is 22.1 Å². The number of β-amino-alcohol motifs (C(OH)–C–C–N with tert-alkyl or cyclic N) is 1. The minimum Gasteiger partial charge on any atom is -0.481 e. The zero-order valence-corrected chi connectivity index (χ0v) is 25.7. The summed E-state index contributed by atoms with van der Waals surface area (Å²) in [7, 11) is -2.34. The number of likely N-dealkylation sites (N-methyl/N-ethyl adjacent to an activating group) is 1. The maximum Gasteiger partial charge on any atom is 0.303 e. The molecule has 0 saturated carbocycles. The topological polar surface area (TPSA) is 107 Å². The van der Waals surface area contributed by atoms with Crippen molar-refractivity contribution in [1.29, 1.82) is 0 Å². The van der Waals surface area contributed by atoms with E-state index in [1.807, 2.05) is 50.2 Å². The molecule has 0 aliphatic heterocycles. The number of nitrogens with zero attached hydrogens (tertiary/aromatic N) is 1. The first-order chi connectivity index (χ1) is 19.3. The molecule has 41 heavy (non-hydrogen) atoms. The fraction of sp³-hybridized carbons (Fsp3) is 0.424. The lowest BCUT2D eigenvalue weighted by Gasteiger charge is -2.29. The van der Waals surface area contributed by atoms with Crippen LogP contribution in [0.3, 0.4) is 0 Å². The zero-order valence-electron chi connectivity index (χ0n) is 24.9. The van der Waals surface area contributed by atoms with E-state index in [4.69, 9.17) is 5.11 Å². The van der Waals surface area contributed by atoms with E-state index in [1.165, 1.54) is 16.9 Å². The Morgan fingerprint density at radius 2 is 1.68 bits per heavy atom. The van der Waals surface area contributed by atoms with E-state index in [9.17, 15) is 18.3 Å². The van der Waals surface area contributed by atoms with Gasteiger partial charge in [-0.1, -0.05) is 60.2 Å². The highest BCUT2D eigenvalue weighted by atomic mass is 32.2. The van der Waals surface area contributed by atoms with Gasteiger partial charge in [-0.05, 0) is 93.3 Å². The Labute approximate surface area is 245 Å². The van der Waals surface area contributed by atoms with Crippen molar-refractivity contribution in [1.82, 2.24) is 9.62 Å². The second-order valence-electron chi connectivity index (χ2n) is 11.6. The van der Waals surface area contributed by atoms with Gasteiger partial charge in [-0.2, -0.15) is 4.31 Å². The Kier molecular flexibility index (Phi) is 11.3. The van der Waals surface area contributed by atoms with Gasteiger partial charge in [0.15, 0.2) is 0 Å². The first kappa shape index (κ1) is 32.5. The van der Waals surface area contributed by atoms with Gasteiger partial charge in [0.05, 0.1) is 11.0 Å². The summed E-state index contributed by atoms with van der Waals surface area (Å²) < 4.78 is 27.9. The van der Waals surface area contributed by atoms with E-state index in [2.05, 4.69) is 31.3 Å². The van der Waals surface area contributed by atoms with Crippen LogP contribution in [0.25, 0.3) is 11.1 Å². The fourth-order valence-corrected chi connectivity index (χ4v) is 6.29. The Balaban J connectivity index is 1.62. The predicted octanol–water partition coefficient (Wildman–Crippen LogP) is 5.36. The molecule has 0 heterocycles. The number of aliphatic carboxylic acids is 1. The number of carboxylic acid groups (broad SMARTS) is 1. The standard InChI is InChI=1S/C33H44N2O5S/c1-24-13-14-27(15-18-32(37)38)31(20-24)30-17-16-29(21-25(30)2)41(39,40)35(5)23-28(36)22-34-33(3,4)19-9-12-26-10-7-6-8-11-26/h6-8,10-11,13-14,16-17,20-21,28,34,36H,9,12,15,18-19,22-23H2,1-5H3,(H,37,38). The van der Waals surface area contributed by atoms with Crippen molar-refractivity contribution in [3.05, 3.63) is 89.0 Å². The smallest absolute Gasteiger partial charge is 0.303 e. The normalized spacial score (nSPS) is 13.0. The number of sulfonamides is 1. The molecule has 0 spiro atoms. The number of nitrogens with one attached hydrogen (secondary N) is 1. The third-order valence-corrected chi connectivity index (χ3v) is 9.28. The van der Waals surface area contributed by atoms with Crippen molar-refractivity contribution in [2.75, 3.05) is 20.1 Å². The number of aliphatic hydroxyl groups is 1. The number of rotatable bonds is 15. The van der Waals surface area contributed by atoms with Gasteiger partial charge >= 0.3 is 5.97 Å². The zero-order chi connectivity index (χ0) is 30.2. The Morgan fingerprint density at radius 3 is 2.34 bits per heavy atom. The van der Waals surface area contributed by atoms with Crippen molar-refractivity contribution >= 4 is 16.0 Å². The van der Waals surface area contributed by atoms with Crippen LogP contribution in [-0.2, 0) is 27.7 Å². The third kappa shape index (κ3) is 9.50. The maximum absolute atomic E-state index is 13.4. The number of aryl methyl sites for hydroxylation is 4. The van der Waals surface area contributed by atoms with E-state index in [-0.39, 0.29) is 29.9 Å². The van der Waals surface area contributed by atoms with Gasteiger partial charge in [0, 0.05) is 32.1 Å². The number of hydrogen-bond donors (Lipinski definition) is 3. The molecule has 3 aromatic rings. The molecule has 0 amide bonds. The van der Waals surface area contributed by atoms with Crippen LogP contribution in [0.2, 0.25) is 0 Å². The van der Waals surface area contributed by atoms with Gasteiger partial charge in [-0.25, -0.2) is 8.42 Å². The van der Waals surface area contributed by atoms with E-state index in [1.54, 1.807) is 18.2 Å². The molecule has 222 valence electrons. The highest BCUT2D eigenvalue weighted by Gasteiger charge is 2.25. The Bertz CT molecular complexity index is 1420. The average molecular weight is 581 g/mol. The lowest BCUT2D eigenvalue weighted by atomic mass is 9.92. The summed E-state index contributed by atoms with van der Waals surface area (Å²) >= 11 is 0. The molecule has 0 aliphatic carbocycles. The number of hydrogen-bond acceptors (Lipinski definition) is 5. The number of benzene rings is 3. The van der Waals surface area contributed by atoms with Crippen molar-refractivity contribution < 1.29 is 23.4 Å². The maximum atomic E-state index is 13.4. The second kappa shape index (κ2) is 14.2. The molecule has 0 bridgehead atoms.